The first-order valence-electron chi connectivity index (χ1n) is 7.82. The van der Waals surface area contributed by atoms with E-state index in [-0.39, 0.29) is 41.5 Å². The van der Waals surface area contributed by atoms with Crippen molar-refractivity contribution in [3.05, 3.63) is 27.7 Å². The number of phenols is 1. The molecule has 0 radical (unpaired) electrons. The van der Waals surface area contributed by atoms with Crippen LogP contribution in [0, 0.1) is 0 Å². The smallest absolute Gasteiger partial charge is 0.245 e. The quantitative estimate of drug-likeness (QED) is 0.752. The molecule has 0 bridgehead atoms. The number of benzene rings is 1. The van der Waals surface area contributed by atoms with E-state index in [1.54, 1.807) is 4.90 Å². The molecule has 2 heterocycles. The molecule has 8 heteroatoms. The minimum absolute atomic E-state index is 0.0450. The number of aliphatic hydroxyl groups excluding tert-OH is 1. The Morgan fingerprint density at radius 3 is 2.75 bits per heavy atom. The minimum atomic E-state index is -0.668. The molecule has 3 atom stereocenters. The molecule has 2 aliphatic heterocycles. The van der Waals surface area contributed by atoms with E-state index in [0.29, 0.717) is 30.0 Å². The Morgan fingerprint density at radius 2 is 2.04 bits per heavy atom. The van der Waals surface area contributed by atoms with Gasteiger partial charge in [0.1, 0.15) is 17.8 Å². The van der Waals surface area contributed by atoms with E-state index in [0.717, 1.165) is 0 Å². The Kier molecular flexibility index (Phi) is 4.90. The van der Waals surface area contributed by atoms with E-state index in [9.17, 15) is 14.7 Å². The largest absolute Gasteiger partial charge is 0.508 e. The summed E-state index contributed by atoms with van der Waals surface area (Å²) in [4.78, 5) is 26.4. The number of piperazine rings is 1. The number of aromatic hydroxyl groups is 1. The molecule has 2 aliphatic rings. The van der Waals surface area contributed by atoms with Crippen LogP contribution in [0.4, 0.5) is 0 Å². The van der Waals surface area contributed by atoms with Crippen LogP contribution < -0.4 is 5.32 Å². The summed E-state index contributed by atoms with van der Waals surface area (Å²) in [5.74, 6) is -0.530. The molecule has 1 aromatic rings. The third-order valence-electron chi connectivity index (χ3n) is 4.74. The fraction of sp³-hybridized carbons (Fsp3) is 0.500. The second kappa shape index (κ2) is 6.78. The van der Waals surface area contributed by atoms with Crippen molar-refractivity contribution in [2.45, 2.75) is 37.3 Å². The van der Waals surface area contributed by atoms with Gasteiger partial charge >= 0.3 is 0 Å². The third kappa shape index (κ3) is 2.94. The van der Waals surface area contributed by atoms with Gasteiger partial charge in [0, 0.05) is 18.7 Å². The third-order valence-corrected chi connectivity index (χ3v) is 5.56. The number of fused-ring (bicyclic) bond motifs is 1. The highest BCUT2D eigenvalue weighted by molar-refractivity contribution is 6.42. The van der Waals surface area contributed by atoms with E-state index in [2.05, 4.69) is 5.32 Å². The maximum Gasteiger partial charge on any atom is 0.245 e. The summed E-state index contributed by atoms with van der Waals surface area (Å²) in [6.45, 7) is 0.232. The van der Waals surface area contributed by atoms with Gasteiger partial charge in [-0.15, -0.1) is 0 Å². The fourth-order valence-corrected chi connectivity index (χ4v) is 4.02. The first-order chi connectivity index (χ1) is 11.4. The van der Waals surface area contributed by atoms with Crippen LogP contribution in [0.5, 0.6) is 5.75 Å². The van der Waals surface area contributed by atoms with Gasteiger partial charge in [0.2, 0.25) is 11.8 Å². The molecular weight excluding hydrogens is 355 g/mol. The Bertz CT molecular complexity index is 682. The number of hydrogen-bond donors (Lipinski definition) is 3. The molecule has 0 spiro atoms. The summed E-state index contributed by atoms with van der Waals surface area (Å²) in [6, 6.07) is 1.74. The van der Waals surface area contributed by atoms with Crippen LogP contribution in [0.25, 0.3) is 0 Å². The highest BCUT2D eigenvalue weighted by Gasteiger charge is 2.44. The lowest BCUT2D eigenvalue weighted by atomic mass is 9.83. The normalized spacial score (nSPS) is 27.0. The van der Waals surface area contributed by atoms with Crippen LogP contribution in [0.15, 0.2) is 12.1 Å². The summed E-state index contributed by atoms with van der Waals surface area (Å²) in [5.41, 5.74) is 0.529. The lowest BCUT2D eigenvalue weighted by molar-refractivity contribution is -0.152. The average molecular weight is 373 g/mol. The zero-order valence-electron chi connectivity index (χ0n) is 12.8. The topological polar surface area (TPSA) is 89.9 Å². The molecule has 6 nitrogen and oxygen atoms in total. The number of phenolic OH excluding ortho intramolecular Hbond substituents is 1. The van der Waals surface area contributed by atoms with Gasteiger partial charge < -0.3 is 20.4 Å². The number of amides is 2. The summed E-state index contributed by atoms with van der Waals surface area (Å²) >= 11 is 12.3. The molecular formula is C16H18Cl2N2O4. The maximum absolute atomic E-state index is 12.4. The number of piperidine rings is 1. The van der Waals surface area contributed by atoms with Gasteiger partial charge in [-0.1, -0.05) is 23.2 Å². The van der Waals surface area contributed by atoms with Crippen molar-refractivity contribution in [2.24, 2.45) is 0 Å². The highest BCUT2D eigenvalue weighted by Crippen LogP contribution is 2.43. The highest BCUT2D eigenvalue weighted by atomic mass is 35.5. The van der Waals surface area contributed by atoms with Crippen LogP contribution in [0.3, 0.4) is 0 Å². The number of nitrogens with zero attached hydrogens (tertiary/aromatic N) is 1. The van der Waals surface area contributed by atoms with Crippen molar-refractivity contribution in [2.75, 3.05) is 13.2 Å². The monoisotopic (exact) mass is 372 g/mol. The molecule has 2 saturated heterocycles. The molecule has 130 valence electrons. The van der Waals surface area contributed by atoms with E-state index in [1.165, 1.54) is 12.1 Å². The van der Waals surface area contributed by atoms with Gasteiger partial charge in [-0.25, -0.2) is 0 Å². The van der Waals surface area contributed by atoms with Gasteiger partial charge in [-0.05, 0) is 37.3 Å². The lowest BCUT2D eigenvalue weighted by Gasteiger charge is -2.44. The minimum Gasteiger partial charge on any atom is -0.508 e. The molecule has 1 aromatic carbocycles. The predicted molar refractivity (Wildman–Crippen MR) is 89.2 cm³/mol. The van der Waals surface area contributed by atoms with Gasteiger partial charge in [0.05, 0.1) is 10.0 Å². The molecule has 3 rings (SSSR count). The summed E-state index contributed by atoms with van der Waals surface area (Å²) < 4.78 is 0. The van der Waals surface area contributed by atoms with Gasteiger partial charge in [-0.2, -0.15) is 0 Å². The van der Waals surface area contributed by atoms with Crippen LogP contribution in [0.1, 0.15) is 30.7 Å². The van der Waals surface area contributed by atoms with Crippen molar-refractivity contribution in [3.63, 3.8) is 0 Å². The van der Waals surface area contributed by atoms with E-state index in [1.807, 2.05) is 0 Å². The first-order valence-corrected chi connectivity index (χ1v) is 8.58. The van der Waals surface area contributed by atoms with Gasteiger partial charge in [0.15, 0.2) is 0 Å². The maximum atomic E-state index is 12.4. The second-order valence-electron chi connectivity index (χ2n) is 6.14. The number of nitrogens with one attached hydrogen (secondary N) is 1. The number of rotatable bonds is 3. The van der Waals surface area contributed by atoms with Crippen molar-refractivity contribution >= 4 is 35.0 Å². The van der Waals surface area contributed by atoms with Crippen LogP contribution in [-0.2, 0) is 9.59 Å². The number of halogens is 2. The first kappa shape index (κ1) is 17.3. The Labute approximate surface area is 149 Å². The molecule has 3 N–H and O–H groups in total. The summed E-state index contributed by atoms with van der Waals surface area (Å²) in [7, 11) is 0. The molecule has 24 heavy (non-hydrogen) atoms. The molecule has 2 amide bonds. The average Bonchev–Trinajstić information content (AvgIpc) is 2.56. The number of carbonyl (C=O) groups is 2. The standard InChI is InChI=1S/C16H18Cl2N2O4/c17-9-1-2-12(22)13(14(9)18)8-3-5-20-11(7-8)15(23)19-10(4-6-21)16(20)24/h1-2,8,10-11,21-22H,3-7H2,(H,19,23)/t8?,10-,11-/m1/s1. The van der Waals surface area contributed by atoms with Crippen LogP contribution in [0.2, 0.25) is 10.0 Å². The van der Waals surface area contributed by atoms with Crippen LogP contribution >= 0.6 is 23.2 Å². The van der Waals surface area contributed by atoms with Gasteiger partial charge in [-0.3, -0.25) is 9.59 Å². The van der Waals surface area contributed by atoms with E-state index < -0.39 is 12.1 Å². The SMILES string of the molecule is O=C1N[C@H](CCO)C(=O)N2CCC(c3c(O)ccc(Cl)c3Cl)C[C@H]12. The molecule has 0 aromatic heterocycles. The Hall–Kier alpha value is -1.50. The second-order valence-corrected chi connectivity index (χ2v) is 6.92. The number of hydrogen-bond acceptors (Lipinski definition) is 4. The van der Waals surface area contributed by atoms with Gasteiger partial charge in [0.25, 0.3) is 0 Å². The van der Waals surface area contributed by atoms with Crippen molar-refractivity contribution in [3.8, 4) is 5.75 Å². The number of aliphatic hydroxyl groups is 1. The Balaban J connectivity index is 1.84. The molecule has 0 saturated carbocycles. The fourth-order valence-electron chi connectivity index (χ4n) is 3.54. The van der Waals surface area contributed by atoms with Crippen molar-refractivity contribution < 1.29 is 19.8 Å². The molecule has 1 unspecified atom stereocenters. The van der Waals surface area contributed by atoms with E-state index in [4.69, 9.17) is 28.3 Å². The molecule has 2 fully saturated rings. The Morgan fingerprint density at radius 1 is 1.29 bits per heavy atom. The summed E-state index contributed by atoms with van der Waals surface area (Å²) in [5, 5.41) is 22.5. The predicted octanol–water partition coefficient (Wildman–Crippen LogP) is 1.65. The summed E-state index contributed by atoms with van der Waals surface area (Å²) in [6.07, 6.45) is 1.16. The number of carbonyl (C=O) groups excluding carboxylic acids is 2. The lowest BCUT2D eigenvalue weighted by Crippen LogP contribution is -2.65. The zero-order valence-corrected chi connectivity index (χ0v) is 14.3. The van der Waals surface area contributed by atoms with E-state index >= 15 is 0 Å². The van der Waals surface area contributed by atoms with Crippen molar-refractivity contribution in [1.82, 2.24) is 10.2 Å². The zero-order chi connectivity index (χ0) is 17.4. The van der Waals surface area contributed by atoms with Crippen molar-refractivity contribution in [1.29, 1.82) is 0 Å². The molecule has 0 aliphatic carbocycles. The van der Waals surface area contributed by atoms with Crippen LogP contribution in [-0.4, -0.2) is 52.2 Å².